The van der Waals surface area contributed by atoms with Gasteiger partial charge in [0, 0.05) is 38.6 Å². The Morgan fingerprint density at radius 2 is 1.15 bits per heavy atom. The van der Waals surface area contributed by atoms with Gasteiger partial charge < -0.3 is 5.11 Å². The summed E-state index contributed by atoms with van der Waals surface area (Å²) in [5, 5.41) is 11.8. The van der Waals surface area contributed by atoms with Crippen molar-refractivity contribution in [3.63, 3.8) is 0 Å². The van der Waals surface area contributed by atoms with Crippen molar-refractivity contribution in [3.8, 4) is 89.7 Å². The van der Waals surface area contributed by atoms with E-state index in [0.29, 0.717) is 17.3 Å². The van der Waals surface area contributed by atoms with Crippen molar-refractivity contribution in [3.05, 3.63) is 217 Å². The summed E-state index contributed by atoms with van der Waals surface area (Å²) < 4.78 is 2.22. The number of pyridine rings is 1. The second-order valence-corrected chi connectivity index (χ2v) is 17.2. The van der Waals surface area contributed by atoms with Crippen molar-refractivity contribution in [2.75, 3.05) is 0 Å². The molecule has 8 aromatic carbocycles. The Kier molecular flexibility index (Phi) is 12.3. The van der Waals surface area contributed by atoms with Crippen molar-refractivity contribution in [1.29, 1.82) is 0 Å². The smallest absolute Gasteiger partial charge is 0.148 e. The summed E-state index contributed by atoms with van der Waals surface area (Å²) in [5.41, 5.74) is 19.3. The zero-order valence-corrected chi connectivity index (χ0v) is 39.1. The number of hydrogen-bond acceptors (Lipinski definition) is 3. The molecule has 4 nitrogen and oxygen atoms in total. The maximum atomic E-state index is 11.8. The van der Waals surface area contributed by atoms with E-state index in [1.165, 1.54) is 27.8 Å². The molecule has 2 aromatic heterocycles. The summed E-state index contributed by atoms with van der Waals surface area (Å²) in [7, 11) is 0. The van der Waals surface area contributed by atoms with E-state index in [-0.39, 0.29) is 26.8 Å². The normalized spacial score (nSPS) is 11.2. The molecule has 0 bridgehead atoms. The van der Waals surface area contributed by atoms with E-state index in [1.54, 1.807) is 0 Å². The third-order valence-electron chi connectivity index (χ3n) is 12.1. The predicted octanol–water partition coefficient (Wildman–Crippen LogP) is 15.4. The molecule has 5 heteroatoms. The third kappa shape index (κ3) is 8.75. The second-order valence-electron chi connectivity index (χ2n) is 17.2. The molecule has 65 heavy (non-hydrogen) atoms. The molecule has 0 saturated heterocycles. The van der Waals surface area contributed by atoms with Gasteiger partial charge in [-0.05, 0) is 112 Å². The first-order valence-electron chi connectivity index (χ1n) is 22.0. The first-order chi connectivity index (χ1) is 31.3. The zero-order chi connectivity index (χ0) is 43.7. The summed E-state index contributed by atoms with van der Waals surface area (Å²) in [5.74, 6) is 1.36. The van der Waals surface area contributed by atoms with Crippen LogP contribution in [-0.2, 0) is 27.5 Å². The topological polar surface area (TPSA) is 50.9 Å². The van der Waals surface area contributed by atoms with E-state index in [4.69, 9.17) is 9.97 Å². The third-order valence-corrected chi connectivity index (χ3v) is 12.1. The van der Waals surface area contributed by atoms with Gasteiger partial charge in [-0.1, -0.05) is 176 Å². The van der Waals surface area contributed by atoms with Gasteiger partial charge in [-0.25, -0.2) is 4.98 Å². The van der Waals surface area contributed by atoms with Crippen molar-refractivity contribution in [2.45, 2.75) is 34.1 Å². The van der Waals surface area contributed by atoms with Crippen LogP contribution in [0.25, 0.3) is 95.0 Å². The summed E-state index contributed by atoms with van der Waals surface area (Å²) >= 11 is 0. The van der Waals surface area contributed by atoms with E-state index < -0.39 is 0 Å². The zero-order valence-electron chi connectivity index (χ0n) is 36.9. The molecule has 10 rings (SSSR count). The van der Waals surface area contributed by atoms with Crippen molar-refractivity contribution >= 4 is 11.0 Å². The molecule has 0 fully saturated rings. The Balaban J connectivity index is 0.00000533. The van der Waals surface area contributed by atoms with Crippen LogP contribution in [0.3, 0.4) is 0 Å². The van der Waals surface area contributed by atoms with Gasteiger partial charge in [0.2, 0.25) is 0 Å². The fourth-order valence-electron chi connectivity index (χ4n) is 9.01. The first-order valence-corrected chi connectivity index (χ1v) is 22.0. The molecule has 0 unspecified atom stereocenters. The molecule has 1 N–H and O–H groups in total. The van der Waals surface area contributed by atoms with Crippen LogP contribution in [-0.4, -0.2) is 19.6 Å². The van der Waals surface area contributed by atoms with Crippen LogP contribution in [0.4, 0.5) is 0 Å². The van der Waals surface area contributed by atoms with Crippen LogP contribution in [0.5, 0.6) is 5.75 Å². The number of fused-ring (bicyclic) bond motifs is 1. The van der Waals surface area contributed by atoms with Gasteiger partial charge in [0.1, 0.15) is 11.6 Å². The summed E-state index contributed by atoms with van der Waals surface area (Å²) in [6.45, 7) is 8.55. The molecule has 0 aliphatic rings. The predicted molar refractivity (Wildman–Crippen MR) is 265 cm³/mol. The molecular weight excluding hydrogens is 974 g/mol. The van der Waals surface area contributed by atoms with Crippen LogP contribution in [0.2, 0.25) is 0 Å². The van der Waals surface area contributed by atoms with E-state index in [0.717, 1.165) is 78.9 Å². The number of aromatic nitrogens is 3. The van der Waals surface area contributed by atoms with Crippen LogP contribution in [0.1, 0.15) is 30.5 Å². The van der Waals surface area contributed by atoms with Crippen LogP contribution in [0.15, 0.2) is 194 Å². The Bertz CT molecular complexity index is 3280. The number of phenols is 1. The maximum absolute atomic E-state index is 11.8. The van der Waals surface area contributed by atoms with Gasteiger partial charge in [0.25, 0.3) is 0 Å². The SMILES string of the molecule is Cc1cc(C)c(O)c(-c2nc3c(-c4[c-]c(-c5cc(-c6ccc(-c7ccccc7)cc6)ccn5)cc(-c5ccccc5)c4)cccc3n2-c2ccc(-c3ccccc3)c(CC(C)C)c2)c1.[Pt]. The Morgan fingerprint density at radius 3 is 1.83 bits per heavy atom. The summed E-state index contributed by atoms with van der Waals surface area (Å²) in [6.07, 6.45) is 2.80. The molecule has 0 atom stereocenters. The first kappa shape index (κ1) is 43.1. The minimum atomic E-state index is 0. The van der Waals surface area contributed by atoms with Gasteiger partial charge in [-0.15, -0.1) is 23.8 Å². The van der Waals surface area contributed by atoms with Crippen molar-refractivity contribution < 1.29 is 26.2 Å². The van der Waals surface area contributed by atoms with Gasteiger partial charge >= 0.3 is 0 Å². The molecule has 0 spiro atoms. The second kappa shape index (κ2) is 18.5. The Morgan fingerprint density at radius 1 is 0.538 bits per heavy atom. The standard InChI is InChI=1S/C60H48N3O.Pt/c1-39(2)31-49-37-52(27-28-53(49)46-19-12-7-13-20-46)63-57-22-14-21-54(58(57)62-60(63)55-33-40(3)32-41(4)59(55)64)50-34-48(43-17-10-6-11-18-43)35-51(36-50)56-38-47(29-30-61-56)45-25-23-44(24-26-45)42-15-8-5-9-16-42;/h5-30,32-35,37-39,64H,31H2,1-4H3;/q-1;. The van der Waals surface area contributed by atoms with E-state index in [1.807, 2.05) is 37.4 Å². The number of aryl methyl sites for hydroxylation is 2. The number of aromatic hydroxyl groups is 1. The number of imidazole rings is 1. The summed E-state index contributed by atoms with van der Waals surface area (Å²) in [6, 6.07) is 69.9. The van der Waals surface area contributed by atoms with Crippen molar-refractivity contribution in [1.82, 2.24) is 14.5 Å². The number of hydrogen-bond donors (Lipinski definition) is 1. The van der Waals surface area contributed by atoms with E-state index in [2.05, 4.69) is 195 Å². The summed E-state index contributed by atoms with van der Waals surface area (Å²) in [4.78, 5) is 10.4. The molecule has 0 amide bonds. The average Bonchev–Trinajstić information content (AvgIpc) is 3.73. The van der Waals surface area contributed by atoms with Gasteiger partial charge in [-0.3, -0.25) is 9.55 Å². The Hall–Kier alpha value is -7.13. The minimum Gasteiger partial charge on any atom is -0.507 e. The van der Waals surface area contributed by atoms with Crippen LogP contribution < -0.4 is 0 Å². The molecule has 0 aliphatic carbocycles. The molecule has 320 valence electrons. The van der Waals surface area contributed by atoms with Gasteiger partial charge in [-0.2, -0.15) is 0 Å². The molecule has 0 aliphatic heterocycles. The number of nitrogens with zero attached hydrogens (tertiary/aromatic N) is 3. The van der Waals surface area contributed by atoms with Crippen LogP contribution >= 0.6 is 0 Å². The monoisotopic (exact) mass is 1020 g/mol. The number of phenolic OH excluding ortho intramolecular Hbond substituents is 1. The number of benzene rings is 8. The average molecular weight is 1020 g/mol. The minimum absolute atomic E-state index is 0. The van der Waals surface area contributed by atoms with Crippen molar-refractivity contribution in [2.24, 2.45) is 5.92 Å². The Labute approximate surface area is 396 Å². The fraction of sp³-hybridized carbons (Fsp3) is 0.100. The maximum Gasteiger partial charge on any atom is 0.148 e. The largest absolute Gasteiger partial charge is 0.507 e. The molecule has 2 heterocycles. The molecular formula is C60H48N3OPt-. The number of rotatable bonds is 10. The molecule has 0 radical (unpaired) electrons. The van der Waals surface area contributed by atoms with Crippen LogP contribution in [0, 0.1) is 25.8 Å². The van der Waals surface area contributed by atoms with E-state index >= 15 is 0 Å². The molecule has 10 aromatic rings. The quantitative estimate of drug-likeness (QED) is 0.139. The van der Waals surface area contributed by atoms with Gasteiger partial charge in [0.05, 0.1) is 16.6 Å². The number of para-hydroxylation sites is 1. The fourth-order valence-corrected chi connectivity index (χ4v) is 9.01. The molecule has 0 saturated carbocycles. The van der Waals surface area contributed by atoms with E-state index in [9.17, 15) is 5.11 Å². The van der Waals surface area contributed by atoms with Gasteiger partial charge in [0.15, 0.2) is 0 Å².